The zero-order chi connectivity index (χ0) is 18.6. The molecule has 2 aromatic rings. The van der Waals surface area contributed by atoms with Crippen molar-refractivity contribution in [3.8, 4) is 0 Å². The van der Waals surface area contributed by atoms with Gasteiger partial charge < -0.3 is 10.2 Å². The van der Waals surface area contributed by atoms with Crippen LogP contribution in [-0.4, -0.2) is 39.6 Å². The van der Waals surface area contributed by atoms with Crippen LogP contribution in [-0.2, 0) is 11.2 Å². The molecule has 6 nitrogen and oxygen atoms in total. The first-order chi connectivity index (χ1) is 13.2. The van der Waals surface area contributed by atoms with Crippen molar-refractivity contribution < 1.29 is 4.79 Å². The molecule has 2 aromatic heterocycles. The van der Waals surface area contributed by atoms with Gasteiger partial charge in [-0.3, -0.25) is 4.79 Å². The maximum Gasteiger partial charge on any atom is 0.223 e. The van der Waals surface area contributed by atoms with E-state index in [0.29, 0.717) is 6.04 Å². The lowest BCUT2D eigenvalue weighted by atomic mass is 9.95. The van der Waals surface area contributed by atoms with Gasteiger partial charge in [-0.2, -0.15) is 9.61 Å². The Labute approximate surface area is 161 Å². The highest BCUT2D eigenvalue weighted by molar-refractivity contribution is 5.79. The van der Waals surface area contributed by atoms with Crippen LogP contribution in [0.4, 0.5) is 5.82 Å². The lowest BCUT2D eigenvalue weighted by Crippen LogP contribution is -2.44. The van der Waals surface area contributed by atoms with Gasteiger partial charge in [0.25, 0.3) is 0 Å². The number of nitrogens with one attached hydrogen (secondary N) is 1. The quantitative estimate of drug-likeness (QED) is 0.840. The Morgan fingerprint density at radius 2 is 1.89 bits per heavy atom. The summed E-state index contributed by atoms with van der Waals surface area (Å²) in [4.78, 5) is 19.7. The van der Waals surface area contributed by atoms with Crippen molar-refractivity contribution in [3.63, 3.8) is 0 Å². The van der Waals surface area contributed by atoms with Crippen LogP contribution in [0.25, 0.3) is 5.65 Å². The van der Waals surface area contributed by atoms with Crippen molar-refractivity contribution in [2.75, 3.05) is 18.0 Å². The Hall–Kier alpha value is -2.11. The molecule has 1 aliphatic carbocycles. The number of fused-ring (bicyclic) bond motifs is 1. The highest BCUT2D eigenvalue weighted by Gasteiger charge is 2.28. The number of amides is 1. The van der Waals surface area contributed by atoms with E-state index in [0.717, 1.165) is 62.4 Å². The fraction of sp³-hybridized carbons (Fsp3) is 0.667. The Balaban J connectivity index is 1.39. The number of hydrogen-bond acceptors (Lipinski definition) is 4. The molecule has 4 rings (SSSR count). The topological polar surface area (TPSA) is 62.5 Å². The molecule has 2 aliphatic rings. The Morgan fingerprint density at radius 3 is 2.59 bits per heavy atom. The average molecular weight is 370 g/mol. The summed E-state index contributed by atoms with van der Waals surface area (Å²) < 4.78 is 1.92. The van der Waals surface area contributed by atoms with Crippen molar-refractivity contribution in [2.45, 2.75) is 70.8 Å². The molecule has 1 saturated heterocycles. The van der Waals surface area contributed by atoms with Gasteiger partial charge in [-0.25, -0.2) is 4.98 Å². The standard InChI is InChI=1S/C21H31N5O/c1-2-17-15-20(26-19(23-17)9-12-22-26)25-13-10-16(11-14-25)21(27)24-18-7-5-3-4-6-8-18/h9,12,15-16,18H,2-8,10-11,13-14H2,1H3,(H,24,27). The molecule has 6 heteroatoms. The maximum atomic E-state index is 12.7. The van der Waals surface area contributed by atoms with E-state index >= 15 is 0 Å². The summed E-state index contributed by atoms with van der Waals surface area (Å²) in [6, 6.07) is 4.50. The van der Waals surface area contributed by atoms with E-state index in [2.05, 4.69) is 33.3 Å². The van der Waals surface area contributed by atoms with Gasteiger partial charge in [0.1, 0.15) is 5.82 Å². The highest BCUT2D eigenvalue weighted by atomic mass is 16.1. The highest BCUT2D eigenvalue weighted by Crippen LogP contribution is 2.25. The van der Waals surface area contributed by atoms with Crippen molar-refractivity contribution in [1.82, 2.24) is 19.9 Å². The second-order valence-corrected chi connectivity index (χ2v) is 8.02. The van der Waals surface area contributed by atoms with E-state index in [1.54, 1.807) is 6.20 Å². The van der Waals surface area contributed by atoms with E-state index < -0.39 is 0 Å². The van der Waals surface area contributed by atoms with Gasteiger partial charge in [0, 0.05) is 42.9 Å². The maximum absolute atomic E-state index is 12.7. The molecule has 27 heavy (non-hydrogen) atoms. The van der Waals surface area contributed by atoms with Gasteiger partial charge >= 0.3 is 0 Å². The fourth-order valence-corrected chi connectivity index (χ4v) is 4.47. The molecule has 0 bridgehead atoms. The van der Waals surface area contributed by atoms with E-state index in [4.69, 9.17) is 0 Å². The normalized spacial score (nSPS) is 20.0. The smallest absolute Gasteiger partial charge is 0.223 e. The molecule has 1 aliphatic heterocycles. The zero-order valence-electron chi connectivity index (χ0n) is 16.4. The summed E-state index contributed by atoms with van der Waals surface area (Å²) in [7, 11) is 0. The number of rotatable bonds is 4. The van der Waals surface area contributed by atoms with E-state index in [9.17, 15) is 4.79 Å². The predicted molar refractivity (Wildman–Crippen MR) is 107 cm³/mol. The number of anilines is 1. The minimum atomic E-state index is 0.144. The number of carbonyl (C=O) groups excluding carboxylic acids is 1. The molecular formula is C21H31N5O. The number of aryl methyl sites for hydroxylation is 1. The summed E-state index contributed by atoms with van der Waals surface area (Å²) in [5, 5.41) is 7.78. The van der Waals surface area contributed by atoms with E-state index in [1.807, 2.05) is 10.6 Å². The zero-order valence-corrected chi connectivity index (χ0v) is 16.4. The first-order valence-corrected chi connectivity index (χ1v) is 10.6. The molecule has 1 saturated carbocycles. The second-order valence-electron chi connectivity index (χ2n) is 8.02. The van der Waals surface area contributed by atoms with Crippen LogP contribution in [0, 0.1) is 5.92 Å². The number of nitrogens with zero attached hydrogens (tertiary/aromatic N) is 4. The summed E-state index contributed by atoms with van der Waals surface area (Å²) in [6.45, 7) is 3.92. The average Bonchev–Trinajstić information content (AvgIpc) is 3.03. The Morgan fingerprint density at radius 1 is 1.15 bits per heavy atom. The lowest BCUT2D eigenvalue weighted by Gasteiger charge is -2.33. The summed E-state index contributed by atoms with van der Waals surface area (Å²) in [6.07, 6.45) is 12.0. The fourth-order valence-electron chi connectivity index (χ4n) is 4.47. The molecule has 0 aromatic carbocycles. The summed E-state index contributed by atoms with van der Waals surface area (Å²) in [5.74, 6) is 1.52. The molecule has 2 fully saturated rings. The van der Waals surface area contributed by atoms with Crippen molar-refractivity contribution in [1.29, 1.82) is 0 Å². The Kier molecular flexibility index (Phi) is 5.60. The van der Waals surface area contributed by atoms with Gasteiger partial charge in [-0.15, -0.1) is 0 Å². The number of hydrogen-bond donors (Lipinski definition) is 1. The minimum absolute atomic E-state index is 0.144. The molecule has 1 amide bonds. The van der Waals surface area contributed by atoms with Crippen LogP contribution in [0.3, 0.4) is 0 Å². The van der Waals surface area contributed by atoms with Gasteiger partial charge in [-0.05, 0) is 32.1 Å². The van der Waals surface area contributed by atoms with Crippen LogP contribution in [0.1, 0.15) is 64.0 Å². The van der Waals surface area contributed by atoms with Gasteiger partial charge in [0.05, 0.1) is 6.20 Å². The molecule has 146 valence electrons. The number of aromatic nitrogens is 3. The number of piperidine rings is 1. The van der Waals surface area contributed by atoms with Crippen molar-refractivity contribution >= 4 is 17.4 Å². The third-order valence-corrected chi connectivity index (χ3v) is 6.15. The van der Waals surface area contributed by atoms with E-state index in [-0.39, 0.29) is 11.8 Å². The third kappa shape index (κ3) is 4.09. The minimum Gasteiger partial charge on any atom is -0.356 e. The molecular weight excluding hydrogens is 338 g/mol. The molecule has 0 unspecified atom stereocenters. The predicted octanol–water partition coefficient (Wildman–Crippen LogP) is 3.35. The third-order valence-electron chi connectivity index (χ3n) is 6.15. The molecule has 0 spiro atoms. The van der Waals surface area contributed by atoms with Crippen molar-refractivity contribution in [3.05, 3.63) is 24.0 Å². The van der Waals surface area contributed by atoms with Gasteiger partial charge in [-0.1, -0.05) is 32.6 Å². The van der Waals surface area contributed by atoms with Crippen LogP contribution < -0.4 is 10.2 Å². The number of carbonyl (C=O) groups is 1. The van der Waals surface area contributed by atoms with Gasteiger partial charge in [0.15, 0.2) is 5.65 Å². The van der Waals surface area contributed by atoms with Crippen LogP contribution in [0.2, 0.25) is 0 Å². The van der Waals surface area contributed by atoms with Crippen LogP contribution >= 0.6 is 0 Å². The molecule has 0 radical (unpaired) electrons. The SMILES string of the molecule is CCc1cc(N2CCC(C(=O)NC3CCCCCC3)CC2)n2nccc2n1. The monoisotopic (exact) mass is 369 g/mol. The summed E-state index contributed by atoms with van der Waals surface area (Å²) in [5.41, 5.74) is 1.99. The van der Waals surface area contributed by atoms with Crippen molar-refractivity contribution in [2.24, 2.45) is 5.92 Å². The lowest BCUT2D eigenvalue weighted by molar-refractivity contribution is -0.126. The second kappa shape index (κ2) is 8.28. The van der Waals surface area contributed by atoms with Gasteiger partial charge in [0.2, 0.25) is 5.91 Å². The first-order valence-electron chi connectivity index (χ1n) is 10.6. The van der Waals surface area contributed by atoms with E-state index in [1.165, 1.54) is 25.7 Å². The largest absolute Gasteiger partial charge is 0.356 e. The molecule has 0 atom stereocenters. The Bertz CT molecular complexity index is 770. The first kappa shape index (κ1) is 18.3. The molecule has 3 heterocycles. The summed E-state index contributed by atoms with van der Waals surface area (Å²) >= 11 is 0. The van der Waals surface area contributed by atoms with Crippen LogP contribution in [0.15, 0.2) is 18.3 Å². The van der Waals surface area contributed by atoms with Crippen LogP contribution in [0.5, 0.6) is 0 Å². The molecule has 1 N–H and O–H groups in total.